The highest BCUT2D eigenvalue weighted by Crippen LogP contribution is 2.33. The number of nitrogens with one attached hydrogen (secondary N) is 1. The summed E-state index contributed by atoms with van der Waals surface area (Å²) in [5.41, 5.74) is 5.94. The zero-order valence-electron chi connectivity index (χ0n) is 12.5. The molecule has 116 valence electrons. The Morgan fingerprint density at radius 1 is 1.52 bits per heavy atom. The Hall–Kier alpha value is -1.34. The van der Waals surface area contributed by atoms with E-state index >= 15 is 0 Å². The van der Waals surface area contributed by atoms with Gasteiger partial charge in [0.15, 0.2) is 5.13 Å². The SMILES string of the molecule is CC(C)Nc1nc(N)c(C(=O)N2CCOC3CCCC32)s1. The zero-order valence-corrected chi connectivity index (χ0v) is 13.3. The third kappa shape index (κ3) is 2.85. The van der Waals surface area contributed by atoms with Crippen molar-refractivity contribution >= 4 is 28.2 Å². The molecular formula is C14H22N4O2S. The van der Waals surface area contributed by atoms with Crippen LogP contribution in [0.25, 0.3) is 0 Å². The van der Waals surface area contributed by atoms with Crippen molar-refractivity contribution in [1.82, 2.24) is 9.88 Å². The second kappa shape index (κ2) is 5.81. The van der Waals surface area contributed by atoms with Crippen LogP contribution in [0, 0.1) is 0 Å². The second-order valence-corrected chi connectivity index (χ2v) is 6.94. The summed E-state index contributed by atoms with van der Waals surface area (Å²) in [7, 11) is 0. The Morgan fingerprint density at radius 2 is 2.33 bits per heavy atom. The first-order valence-electron chi connectivity index (χ1n) is 7.51. The Kier molecular flexibility index (Phi) is 4.03. The van der Waals surface area contributed by atoms with Crippen molar-refractivity contribution in [3.05, 3.63) is 4.88 Å². The molecule has 1 aromatic rings. The van der Waals surface area contributed by atoms with Crippen LogP contribution >= 0.6 is 11.3 Å². The van der Waals surface area contributed by atoms with Gasteiger partial charge in [0.05, 0.1) is 18.8 Å². The normalized spacial score (nSPS) is 25.2. The first-order valence-corrected chi connectivity index (χ1v) is 8.33. The summed E-state index contributed by atoms with van der Waals surface area (Å²) >= 11 is 1.34. The Labute approximate surface area is 128 Å². The maximum absolute atomic E-state index is 12.8. The summed E-state index contributed by atoms with van der Waals surface area (Å²) in [5, 5.41) is 3.91. The molecule has 0 bridgehead atoms. The summed E-state index contributed by atoms with van der Waals surface area (Å²) in [4.78, 5) is 19.5. The van der Waals surface area contributed by atoms with Crippen LogP contribution in [0.3, 0.4) is 0 Å². The summed E-state index contributed by atoms with van der Waals surface area (Å²) in [6, 6.07) is 0.468. The molecule has 0 radical (unpaired) electrons. The van der Waals surface area contributed by atoms with E-state index in [1.165, 1.54) is 11.3 Å². The zero-order chi connectivity index (χ0) is 15.0. The molecule has 1 aliphatic heterocycles. The highest BCUT2D eigenvalue weighted by Gasteiger charge is 2.39. The van der Waals surface area contributed by atoms with Crippen LogP contribution in [0.4, 0.5) is 10.9 Å². The van der Waals surface area contributed by atoms with Crippen molar-refractivity contribution < 1.29 is 9.53 Å². The minimum absolute atomic E-state index is 0.00186. The van der Waals surface area contributed by atoms with Gasteiger partial charge >= 0.3 is 0 Å². The van der Waals surface area contributed by atoms with Crippen LogP contribution in [0.15, 0.2) is 0 Å². The van der Waals surface area contributed by atoms with Crippen molar-refractivity contribution in [2.24, 2.45) is 0 Å². The largest absolute Gasteiger partial charge is 0.382 e. The van der Waals surface area contributed by atoms with Crippen LogP contribution in [0.5, 0.6) is 0 Å². The first kappa shape index (κ1) is 14.6. The van der Waals surface area contributed by atoms with Gasteiger partial charge in [0.2, 0.25) is 0 Å². The van der Waals surface area contributed by atoms with E-state index in [2.05, 4.69) is 10.3 Å². The van der Waals surface area contributed by atoms with E-state index in [0.717, 1.165) is 19.3 Å². The number of carbonyl (C=O) groups is 1. The fourth-order valence-corrected chi connectivity index (χ4v) is 4.09. The highest BCUT2D eigenvalue weighted by atomic mass is 32.1. The number of rotatable bonds is 3. The molecule has 2 heterocycles. The molecule has 7 heteroatoms. The molecule has 6 nitrogen and oxygen atoms in total. The minimum Gasteiger partial charge on any atom is -0.382 e. The van der Waals surface area contributed by atoms with Gasteiger partial charge in [-0.05, 0) is 33.1 Å². The molecule has 3 N–H and O–H groups in total. The second-order valence-electron chi connectivity index (χ2n) is 5.94. The smallest absolute Gasteiger partial charge is 0.268 e. The number of hydrogen-bond acceptors (Lipinski definition) is 6. The molecule has 2 atom stereocenters. The van der Waals surface area contributed by atoms with E-state index in [-0.39, 0.29) is 24.1 Å². The van der Waals surface area contributed by atoms with E-state index in [9.17, 15) is 4.79 Å². The molecule has 1 amide bonds. The van der Waals surface area contributed by atoms with Gasteiger partial charge in [0.25, 0.3) is 5.91 Å². The van der Waals surface area contributed by atoms with Gasteiger partial charge < -0.3 is 20.7 Å². The number of hydrogen-bond donors (Lipinski definition) is 2. The molecular weight excluding hydrogens is 288 g/mol. The van der Waals surface area contributed by atoms with Crippen molar-refractivity contribution in [3.63, 3.8) is 0 Å². The van der Waals surface area contributed by atoms with E-state index < -0.39 is 0 Å². The van der Waals surface area contributed by atoms with E-state index in [0.29, 0.717) is 29.0 Å². The molecule has 1 saturated heterocycles. The number of ether oxygens (including phenoxy) is 1. The number of thiazole rings is 1. The lowest BCUT2D eigenvalue weighted by atomic mass is 10.1. The van der Waals surface area contributed by atoms with Crippen LogP contribution in [-0.4, -0.2) is 47.1 Å². The van der Waals surface area contributed by atoms with Gasteiger partial charge in [-0.2, -0.15) is 0 Å². The van der Waals surface area contributed by atoms with E-state index in [1.807, 2.05) is 18.7 Å². The summed E-state index contributed by atoms with van der Waals surface area (Å²) < 4.78 is 5.76. The summed E-state index contributed by atoms with van der Waals surface area (Å²) in [5.74, 6) is 0.330. The van der Waals surface area contributed by atoms with Crippen LogP contribution in [0.1, 0.15) is 42.8 Å². The number of amides is 1. The van der Waals surface area contributed by atoms with E-state index in [1.54, 1.807) is 0 Å². The Morgan fingerprint density at radius 3 is 3.10 bits per heavy atom. The third-order valence-electron chi connectivity index (χ3n) is 4.00. The maximum Gasteiger partial charge on any atom is 0.268 e. The van der Waals surface area contributed by atoms with E-state index in [4.69, 9.17) is 10.5 Å². The van der Waals surface area contributed by atoms with Crippen LogP contribution < -0.4 is 11.1 Å². The molecule has 2 unspecified atom stereocenters. The average molecular weight is 310 g/mol. The average Bonchev–Trinajstić information content (AvgIpc) is 3.03. The molecule has 1 aromatic heterocycles. The van der Waals surface area contributed by atoms with Crippen molar-refractivity contribution in [3.8, 4) is 0 Å². The van der Waals surface area contributed by atoms with Crippen molar-refractivity contribution in [2.75, 3.05) is 24.2 Å². The molecule has 1 saturated carbocycles. The lowest BCUT2D eigenvalue weighted by molar-refractivity contribution is -0.0443. The molecule has 1 aliphatic carbocycles. The molecule has 2 fully saturated rings. The van der Waals surface area contributed by atoms with Gasteiger partial charge in [0, 0.05) is 12.6 Å². The van der Waals surface area contributed by atoms with Gasteiger partial charge in [-0.3, -0.25) is 4.79 Å². The van der Waals surface area contributed by atoms with Crippen molar-refractivity contribution in [2.45, 2.75) is 51.3 Å². The van der Waals surface area contributed by atoms with Gasteiger partial charge in [0.1, 0.15) is 10.7 Å². The van der Waals surface area contributed by atoms with Crippen molar-refractivity contribution in [1.29, 1.82) is 0 Å². The minimum atomic E-state index is 0.00186. The topological polar surface area (TPSA) is 80.5 Å². The lowest BCUT2D eigenvalue weighted by Crippen LogP contribution is -2.51. The number of fused-ring (bicyclic) bond motifs is 1. The molecule has 3 rings (SSSR count). The van der Waals surface area contributed by atoms with Gasteiger partial charge in [-0.25, -0.2) is 4.98 Å². The molecule has 0 aromatic carbocycles. The summed E-state index contributed by atoms with van der Waals surface area (Å²) in [6.45, 7) is 5.32. The third-order valence-corrected chi connectivity index (χ3v) is 4.99. The fraction of sp³-hybridized carbons (Fsp3) is 0.714. The molecule has 21 heavy (non-hydrogen) atoms. The number of nitrogens with two attached hydrogens (primary N) is 1. The molecule has 0 spiro atoms. The Balaban J connectivity index is 1.79. The monoisotopic (exact) mass is 310 g/mol. The quantitative estimate of drug-likeness (QED) is 0.892. The predicted octanol–water partition coefficient (Wildman–Crippen LogP) is 1.94. The summed E-state index contributed by atoms with van der Waals surface area (Å²) in [6.07, 6.45) is 3.39. The van der Waals surface area contributed by atoms with Gasteiger partial charge in [-0.1, -0.05) is 11.3 Å². The fourth-order valence-electron chi connectivity index (χ4n) is 3.10. The number of nitrogen functional groups attached to an aromatic ring is 1. The van der Waals surface area contributed by atoms with Crippen LogP contribution in [0.2, 0.25) is 0 Å². The number of morpholine rings is 1. The Bertz CT molecular complexity index is 531. The number of carbonyl (C=O) groups excluding carboxylic acids is 1. The standard InChI is InChI=1S/C14H22N4O2S/c1-8(2)16-14-17-12(15)11(21-14)13(19)18-6-7-20-10-5-3-4-9(10)18/h8-10H,3-7,15H2,1-2H3,(H,16,17). The van der Waals surface area contributed by atoms with Crippen LogP contribution in [-0.2, 0) is 4.74 Å². The number of nitrogens with zero attached hydrogens (tertiary/aromatic N) is 2. The number of aromatic nitrogens is 1. The molecule has 2 aliphatic rings. The van der Waals surface area contributed by atoms with Gasteiger partial charge in [-0.15, -0.1) is 0 Å². The first-order chi connectivity index (χ1) is 10.1. The predicted molar refractivity (Wildman–Crippen MR) is 83.7 cm³/mol. The lowest BCUT2D eigenvalue weighted by Gasteiger charge is -2.37. The number of anilines is 2. The maximum atomic E-state index is 12.8. The highest BCUT2D eigenvalue weighted by molar-refractivity contribution is 7.18.